The fourth-order valence-electron chi connectivity index (χ4n) is 10.2. The minimum absolute atomic E-state index is 0.0273. The van der Waals surface area contributed by atoms with Crippen LogP contribution in [0.4, 0.5) is 0 Å². The number of nitrogens with one attached hydrogen (secondary N) is 2. The molecule has 8 aromatic heterocycles. The van der Waals surface area contributed by atoms with Crippen LogP contribution in [0.5, 0.6) is 28.7 Å². The average Bonchev–Trinajstić information content (AvgIpc) is 1.64. The maximum atomic E-state index is 12.2. The molecular weight excluding hydrogens is 1340 g/mol. The molecule has 0 bridgehead atoms. The molecule has 8 heterocycles. The van der Waals surface area contributed by atoms with E-state index in [0.717, 1.165) is 118 Å². The number of fused-ring (bicyclic) bond motifs is 3. The van der Waals surface area contributed by atoms with Crippen molar-refractivity contribution in [1.82, 2.24) is 53.8 Å². The van der Waals surface area contributed by atoms with Crippen LogP contribution in [-0.4, -0.2) is 140 Å². The lowest BCUT2D eigenvalue weighted by Gasteiger charge is -2.18. The number of benzene rings is 3. The first-order valence-electron chi connectivity index (χ1n) is 30.4. The molecule has 0 amide bonds. The summed E-state index contributed by atoms with van der Waals surface area (Å²) in [6, 6.07) is 34.1. The molecule has 0 radical (unpaired) electrons. The van der Waals surface area contributed by atoms with E-state index in [1.165, 1.54) is 0 Å². The minimum Gasteiger partial charge on any atom is -0.496 e. The number of H-pyrrole nitrogens is 2. The lowest BCUT2D eigenvalue weighted by Crippen LogP contribution is -2.21. The molecule has 11 rings (SSSR count). The Morgan fingerprint density at radius 2 is 1.05 bits per heavy atom. The van der Waals surface area contributed by atoms with Gasteiger partial charge in [0.15, 0.2) is 0 Å². The highest BCUT2D eigenvalue weighted by molar-refractivity contribution is 9.10. The lowest BCUT2D eigenvalue weighted by molar-refractivity contribution is 0.0625. The molecule has 3 atom stereocenters. The summed E-state index contributed by atoms with van der Waals surface area (Å²) in [5.74, 6) is 3.57. The molecule has 3 unspecified atom stereocenters. The number of aliphatic hydroxyl groups excluding tert-OH is 1. The standard InChI is InChI=1S/C25H27N5O3.C20H24BrN3O3.C15H14BrN3O2.C5H4N2.C5H12O2/c1-6-19(15-31-4)33-22-12-16(2)27-24-23(28-29(3)25(22)24)20-10-9-17(13-21(20)32-5)30-11-7-8-18(30)14-26;1-6-14(11-25-4)27-17-9-12(2)22-19-18(23-24(3)20(17)19)15-8-7-13(21)10-16(15)26-5;1-8-6-11(20)15-14(17-8)13(18-19(15)2)10-5-4-9(16)7-12(10)21-3;6-4-5-2-1-3-7-5;1-3-5(6)4-7-2/h7-13,19H,6,15H2,1-5H3;7-10,14H,6,11H2,1-5H3;4-7H,1-3H3,(H,17,20);1-3,7H;5-6H,3-4H2,1-2H3. The van der Waals surface area contributed by atoms with Crippen LogP contribution >= 0.6 is 31.9 Å². The van der Waals surface area contributed by atoms with E-state index in [2.05, 4.69) is 71.6 Å². The van der Waals surface area contributed by atoms with Gasteiger partial charge in [0.1, 0.15) is 109 Å². The van der Waals surface area contributed by atoms with Crippen LogP contribution < -0.4 is 29.1 Å². The largest absolute Gasteiger partial charge is 0.496 e. The van der Waals surface area contributed by atoms with E-state index >= 15 is 0 Å². The highest BCUT2D eigenvalue weighted by Crippen LogP contribution is 2.41. The monoisotopic (exact) mass is 1420 g/mol. The second-order valence-electron chi connectivity index (χ2n) is 21.7. The Balaban J connectivity index is 0.000000185. The lowest BCUT2D eigenvalue weighted by atomic mass is 10.1. The molecule has 3 N–H and O–H groups in total. The molecule has 25 heteroatoms. The number of ether oxygens (including phenoxy) is 8. The third-order valence-electron chi connectivity index (χ3n) is 14.9. The van der Waals surface area contributed by atoms with E-state index in [0.29, 0.717) is 59.6 Å². The predicted octanol–water partition coefficient (Wildman–Crippen LogP) is 13.2. The maximum absolute atomic E-state index is 12.2. The zero-order valence-corrected chi connectivity index (χ0v) is 59.3. The Morgan fingerprint density at radius 1 is 0.568 bits per heavy atom. The fraction of sp³-hybridized carbons (Fsp3) is 0.343. The first-order valence-corrected chi connectivity index (χ1v) is 32.0. The number of aliphatic hydroxyl groups is 1. The van der Waals surface area contributed by atoms with Crippen LogP contribution in [0.15, 0.2) is 123 Å². The van der Waals surface area contributed by atoms with E-state index in [1.807, 2.05) is 136 Å². The number of pyridine rings is 3. The molecule has 0 fully saturated rings. The van der Waals surface area contributed by atoms with E-state index in [4.69, 9.17) is 63.7 Å². The maximum Gasteiger partial charge on any atom is 0.207 e. The van der Waals surface area contributed by atoms with Gasteiger partial charge in [0, 0.05) is 128 Å². The van der Waals surface area contributed by atoms with Crippen molar-refractivity contribution in [3.63, 3.8) is 0 Å². The van der Waals surface area contributed by atoms with Gasteiger partial charge in [-0.3, -0.25) is 18.8 Å². The molecule has 0 spiro atoms. The Bertz CT molecular complexity index is 4500. The first kappa shape index (κ1) is 73.1. The van der Waals surface area contributed by atoms with Crippen LogP contribution in [0.25, 0.3) is 72.6 Å². The summed E-state index contributed by atoms with van der Waals surface area (Å²) in [6.07, 6.45) is 5.64. The van der Waals surface area contributed by atoms with Gasteiger partial charge in [-0.1, -0.05) is 52.6 Å². The molecule has 95 heavy (non-hydrogen) atoms. The average molecular weight is 1420 g/mol. The zero-order chi connectivity index (χ0) is 69.0. The SMILES string of the molecule is CCC(COC)Oc1cc(C)nc2c(-c3ccc(-n4cccc4C#N)cc3OC)nn(C)c12.CCC(COC)Oc1cc(C)nc2c(-c3ccc(Br)cc3OC)nn(C)c12.CCC(O)COC.COc1cc(Br)ccc1-c1nn(C)c2c(=O)cc(C)[nH]c12.N#Cc1ccc[nH]1. The van der Waals surface area contributed by atoms with E-state index in [1.54, 1.807) is 89.5 Å². The van der Waals surface area contributed by atoms with Crippen molar-refractivity contribution in [3.8, 4) is 80.3 Å². The van der Waals surface area contributed by atoms with Crippen LogP contribution in [0.3, 0.4) is 0 Å². The first-order chi connectivity index (χ1) is 45.7. The summed E-state index contributed by atoms with van der Waals surface area (Å²) in [5, 5.41) is 40.2. The molecule has 0 aliphatic carbocycles. The predicted molar refractivity (Wildman–Crippen MR) is 375 cm³/mol. The number of aromatic amines is 2. The summed E-state index contributed by atoms with van der Waals surface area (Å²) in [5.41, 5.74) is 13.7. The van der Waals surface area contributed by atoms with Crippen LogP contribution in [0.2, 0.25) is 0 Å². The zero-order valence-electron chi connectivity index (χ0n) is 56.2. The number of aromatic nitrogens is 11. The molecule has 0 saturated carbocycles. The minimum atomic E-state index is -0.273. The molecule has 3 aromatic carbocycles. The number of aryl methyl sites for hydroxylation is 6. The van der Waals surface area contributed by atoms with Crippen molar-refractivity contribution < 1.29 is 43.0 Å². The van der Waals surface area contributed by atoms with E-state index < -0.39 is 0 Å². The molecule has 0 saturated heterocycles. The highest BCUT2D eigenvalue weighted by atomic mass is 79.9. The Hall–Kier alpha value is -9.34. The van der Waals surface area contributed by atoms with Crippen LogP contribution in [0.1, 0.15) is 68.5 Å². The van der Waals surface area contributed by atoms with Crippen molar-refractivity contribution in [1.29, 1.82) is 10.5 Å². The molecule has 0 aliphatic rings. The fourth-order valence-corrected chi connectivity index (χ4v) is 10.9. The van der Waals surface area contributed by atoms with Gasteiger partial charge in [0.05, 0.1) is 52.8 Å². The van der Waals surface area contributed by atoms with Gasteiger partial charge >= 0.3 is 0 Å². The van der Waals surface area contributed by atoms with Gasteiger partial charge in [0.2, 0.25) is 5.43 Å². The number of methoxy groups -OCH3 is 6. The summed E-state index contributed by atoms with van der Waals surface area (Å²) in [6.45, 7) is 13.3. The molecular formula is C70H81Br2N13O10. The highest BCUT2D eigenvalue weighted by Gasteiger charge is 2.25. The number of nitriles is 2. The van der Waals surface area contributed by atoms with E-state index in [9.17, 15) is 10.1 Å². The third kappa shape index (κ3) is 17.9. The Labute approximate surface area is 569 Å². The molecule has 0 aliphatic heterocycles. The van der Waals surface area contributed by atoms with Crippen molar-refractivity contribution in [2.45, 2.75) is 79.1 Å². The van der Waals surface area contributed by atoms with Gasteiger partial charge < -0.3 is 57.5 Å². The topological polar surface area (TPSA) is 274 Å². The summed E-state index contributed by atoms with van der Waals surface area (Å²) in [4.78, 5) is 27.7. The van der Waals surface area contributed by atoms with Gasteiger partial charge in [-0.15, -0.1) is 0 Å². The normalized spacial score (nSPS) is 11.7. The Morgan fingerprint density at radius 3 is 1.48 bits per heavy atom. The quantitative estimate of drug-likeness (QED) is 0.0639. The number of hydrogen-bond acceptors (Lipinski definition) is 17. The Kier molecular flexibility index (Phi) is 26.7. The number of rotatable bonds is 20. The van der Waals surface area contributed by atoms with Gasteiger partial charge in [-0.05, 0) is 113 Å². The third-order valence-corrected chi connectivity index (χ3v) is 15.9. The van der Waals surface area contributed by atoms with E-state index in [-0.39, 0.29) is 23.7 Å². The van der Waals surface area contributed by atoms with Crippen LogP contribution in [0, 0.1) is 43.4 Å². The number of hydrogen-bond donors (Lipinski definition) is 3. The molecule has 500 valence electrons. The molecule has 23 nitrogen and oxygen atoms in total. The number of nitrogens with zero attached hydrogens (tertiary/aromatic N) is 11. The van der Waals surface area contributed by atoms with Gasteiger partial charge in [-0.25, -0.2) is 9.97 Å². The summed E-state index contributed by atoms with van der Waals surface area (Å²) < 4.78 is 53.3. The van der Waals surface area contributed by atoms with Crippen molar-refractivity contribution in [3.05, 3.63) is 157 Å². The van der Waals surface area contributed by atoms with Gasteiger partial charge in [0.25, 0.3) is 0 Å². The van der Waals surface area contributed by atoms with Gasteiger partial charge in [-0.2, -0.15) is 25.8 Å². The second-order valence-corrected chi connectivity index (χ2v) is 23.6. The summed E-state index contributed by atoms with van der Waals surface area (Å²) in [7, 11) is 15.4. The number of halogens is 2. The van der Waals surface area contributed by atoms with Crippen molar-refractivity contribution in [2.75, 3.05) is 62.5 Å². The second kappa shape index (κ2) is 34.7. The summed E-state index contributed by atoms with van der Waals surface area (Å²) >= 11 is 6.91. The van der Waals surface area contributed by atoms with Crippen molar-refractivity contribution in [2.24, 2.45) is 21.1 Å². The van der Waals surface area contributed by atoms with Crippen LogP contribution in [-0.2, 0) is 35.4 Å². The van der Waals surface area contributed by atoms with Crippen molar-refractivity contribution >= 4 is 65.0 Å². The molecule has 11 aromatic rings. The smallest absolute Gasteiger partial charge is 0.207 e.